The van der Waals surface area contributed by atoms with Crippen LogP contribution < -0.4 is 0 Å². The predicted molar refractivity (Wildman–Crippen MR) is 92.6 cm³/mol. The summed E-state index contributed by atoms with van der Waals surface area (Å²) < 4.78 is 0. The van der Waals surface area contributed by atoms with E-state index in [1.54, 1.807) is 0 Å². The second-order valence-electron chi connectivity index (χ2n) is 8.56. The fourth-order valence-electron chi connectivity index (χ4n) is 5.53. The van der Waals surface area contributed by atoms with Crippen molar-refractivity contribution in [2.45, 2.75) is 71.8 Å². The first-order valence-electron chi connectivity index (χ1n) is 8.82. The van der Waals surface area contributed by atoms with E-state index < -0.39 is 5.60 Å². The van der Waals surface area contributed by atoms with E-state index in [2.05, 4.69) is 33.4 Å². The third kappa shape index (κ3) is 2.92. The zero-order valence-electron chi connectivity index (χ0n) is 14.9. The first-order valence-corrected chi connectivity index (χ1v) is 8.82. The molecule has 0 saturated heterocycles. The van der Waals surface area contributed by atoms with Gasteiger partial charge in [-0.25, -0.2) is 0 Å². The SMILES string of the molecule is C=C/C(C)=C/C[C@@H]1[C@@]2(C)CCCC(C)(CO)[C@@H]2CC[C@@]1(C)O. The lowest BCUT2D eigenvalue weighted by atomic mass is 9.45. The maximum atomic E-state index is 11.0. The zero-order chi connectivity index (χ0) is 16.6. The number of rotatable bonds is 4. The molecule has 0 aromatic carbocycles. The van der Waals surface area contributed by atoms with Gasteiger partial charge in [0.25, 0.3) is 0 Å². The van der Waals surface area contributed by atoms with E-state index in [4.69, 9.17) is 0 Å². The fourth-order valence-corrected chi connectivity index (χ4v) is 5.53. The summed E-state index contributed by atoms with van der Waals surface area (Å²) in [6.45, 7) is 12.8. The number of hydrogen-bond acceptors (Lipinski definition) is 2. The van der Waals surface area contributed by atoms with E-state index in [0.29, 0.717) is 5.92 Å². The summed E-state index contributed by atoms with van der Waals surface area (Å²) in [5.41, 5.74) is 0.688. The van der Waals surface area contributed by atoms with Crippen molar-refractivity contribution in [2.24, 2.45) is 22.7 Å². The second-order valence-corrected chi connectivity index (χ2v) is 8.56. The number of aliphatic hydroxyl groups excluding tert-OH is 1. The van der Waals surface area contributed by atoms with Crippen LogP contribution in [-0.2, 0) is 0 Å². The number of hydrogen-bond donors (Lipinski definition) is 2. The molecule has 2 aliphatic rings. The van der Waals surface area contributed by atoms with Gasteiger partial charge >= 0.3 is 0 Å². The molecular formula is C20H34O2. The normalized spacial score (nSPS) is 46.2. The van der Waals surface area contributed by atoms with Crippen LogP contribution in [0.3, 0.4) is 0 Å². The van der Waals surface area contributed by atoms with Gasteiger partial charge in [0.1, 0.15) is 0 Å². The molecule has 0 aromatic rings. The van der Waals surface area contributed by atoms with Crippen LogP contribution in [0.25, 0.3) is 0 Å². The van der Waals surface area contributed by atoms with Crippen molar-refractivity contribution < 1.29 is 10.2 Å². The standard InChI is InChI=1S/C20H34O2/c1-6-15(2)8-9-17-19(4)12-7-11-18(3,14-21)16(19)10-13-20(17,5)22/h6,8,16-17,21-22H,1,7,9-14H2,2-5H3/b15-8+/t16-,17+,18?,19-,20+/m0/s1. The van der Waals surface area contributed by atoms with E-state index in [1.807, 2.05) is 13.0 Å². The van der Waals surface area contributed by atoms with Gasteiger partial charge in [-0.15, -0.1) is 0 Å². The third-order valence-corrected chi connectivity index (χ3v) is 6.95. The Kier molecular flexibility index (Phi) is 4.94. The number of aliphatic hydroxyl groups is 2. The van der Waals surface area contributed by atoms with Crippen molar-refractivity contribution in [3.05, 3.63) is 24.3 Å². The first-order chi connectivity index (χ1) is 10.2. The molecule has 0 aromatic heterocycles. The summed E-state index contributed by atoms with van der Waals surface area (Å²) in [5, 5.41) is 21.0. The molecule has 22 heavy (non-hydrogen) atoms. The molecule has 2 N–H and O–H groups in total. The molecule has 0 bridgehead atoms. The molecule has 126 valence electrons. The molecule has 2 fully saturated rings. The van der Waals surface area contributed by atoms with Crippen molar-refractivity contribution >= 4 is 0 Å². The summed E-state index contributed by atoms with van der Waals surface area (Å²) in [5.74, 6) is 0.751. The molecule has 2 rings (SSSR count). The Balaban J connectivity index is 2.36. The zero-order valence-corrected chi connectivity index (χ0v) is 14.9. The fraction of sp³-hybridized carbons (Fsp3) is 0.800. The Morgan fingerprint density at radius 2 is 1.91 bits per heavy atom. The van der Waals surface area contributed by atoms with Crippen LogP contribution in [0.4, 0.5) is 0 Å². The van der Waals surface area contributed by atoms with Crippen LogP contribution in [-0.4, -0.2) is 22.4 Å². The van der Waals surface area contributed by atoms with E-state index in [-0.39, 0.29) is 23.4 Å². The van der Waals surface area contributed by atoms with Gasteiger partial charge in [0.2, 0.25) is 0 Å². The minimum absolute atomic E-state index is 0.0128. The maximum absolute atomic E-state index is 11.0. The van der Waals surface area contributed by atoms with Crippen LogP contribution in [0.15, 0.2) is 24.3 Å². The lowest BCUT2D eigenvalue weighted by molar-refractivity contribution is -0.176. The molecule has 1 unspecified atom stereocenters. The van der Waals surface area contributed by atoms with Gasteiger partial charge in [-0.1, -0.05) is 44.6 Å². The maximum Gasteiger partial charge on any atom is 0.0656 e. The highest BCUT2D eigenvalue weighted by Gasteiger charge is 2.58. The number of fused-ring (bicyclic) bond motifs is 1. The average molecular weight is 306 g/mol. The summed E-state index contributed by atoms with van der Waals surface area (Å²) in [6, 6.07) is 0. The van der Waals surface area contributed by atoms with Gasteiger partial charge in [0.15, 0.2) is 0 Å². The van der Waals surface area contributed by atoms with E-state index >= 15 is 0 Å². The van der Waals surface area contributed by atoms with Gasteiger partial charge in [-0.2, -0.15) is 0 Å². The molecular weight excluding hydrogens is 272 g/mol. The van der Waals surface area contributed by atoms with Crippen LogP contribution in [0.2, 0.25) is 0 Å². The second kappa shape index (κ2) is 6.13. The minimum Gasteiger partial charge on any atom is -0.396 e. The molecule has 0 aliphatic heterocycles. The highest BCUT2D eigenvalue weighted by Crippen LogP contribution is 2.62. The summed E-state index contributed by atoms with van der Waals surface area (Å²) >= 11 is 0. The van der Waals surface area contributed by atoms with Crippen LogP contribution in [0.5, 0.6) is 0 Å². The smallest absolute Gasteiger partial charge is 0.0656 e. The van der Waals surface area contributed by atoms with Gasteiger partial charge in [-0.05, 0) is 68.6 Å². The Hall–Kier alpha value is -0.600. The van der Waals surface area contributed by atoms with Crippen molar-refractivity contribution in [3.8, 4) is 0 Å². The van der Waals surface area contributed by atoms with Crippen molar-refractivity contribution in [3.63, 3.8) is 0 Å². The van der Waals surface area contributed by atoms with Crippen LogP contribution in [0, 0.1) is 22.7 Å². The highest BCUT2D eigenvalue weighted by atomic mass is 16.3. The Bertz CT molecular complexity index is 451. The molecule has 0 heterocycles. The molecule has 0 radical (unpaired) electrons. The summed E-state index contributed by atoms with van der Waals surface area (Å²) in [4.78, 5) is 0. The van der Waals surface area contributed by atoms with Gasteiger partial charge in [0, 0.05) is 6.61 Å². The Labute approximate surface area is 136 Å². The minimum atomic E-state index is -0.614. The van der Waals surface area contributed by atoms with E-state index in [0.717, 1.165) is 38.5 Å². The monoisotopic (exact) mass is 306 g/mol. The average Bonchev–Trinajstić information content (AvgIpc) is 2.45. The van der Waals surface area contributed by atoms with E-state index in [9.17, 15) is 10.2 Å². The van der Waals surface area contributed by atoms with Gasteiger partial charge in [0.05, 0.1) is 5.60 Å². The molecule has 2 aliphatic carbocycles. The Morgan fingerprint density at radius 1 is 1.23 bits per heavy atom. The summed E-state index contributed by atoms with van der Waals surface area (Å²) in [7, 11) is 0. The molecule has 2 saturated carbocycles. The molecule has 2 nitrogen and oxygen atoms in total. The number of allylic oxidation sites excluding steroid dienone is 3. The highest BCUT2D eigenvalue weighted by molar-refractivity contribution is 5.16. The van der Waals surface area contributed by atoms with Gasteiger partial charge < -0.3 is 10.2 Å². The summed E-state index contributed by atoms with van der Waals surface area (Å²) in [6.07, 6.45) is 10.3. The van der Waals surface area contributed by atoms with Crippen molar-refractivity contribution in [2.75, 3.05) is 6.61 Å². The molecule has 2 heteroatoms. The molecule has 0 amide bonds. The quantitative estimate of drug-likeness (QED) is 0.752. The first kappa shape index (κ1) is 17.7. The topological polar surface area (TPSA) is 40.5 Å². The van der Waals surface area contributed by atoms with Gasteiger partial charge in [-0.3, -0.25) is 0 Å². The molecule has 5 atom stereocenters. The van der Waals surface area contributed by atoms with Crippen molar-refractivity contribution in [1.29, 1.82) is 0 Å². The van der Waals surface area contributed by atoms with Crippen LogP contribution in [0.1, 0.15) is 66.2 Å². The lowest BCUT2D eigenvalue weighted by Crippen LogP contribution is -2.58. The third-order valence-electron chi connectivity index (χ3n) is 6.95. The van der Waals surface area contributed by atoms with Crippen LogP contribution >= 0.6 is 0 Å². The lowest BCUT2D eigenvalue weighted by Gasteiger charge is -2.61. The van der Waals surface area contributed by atoms with Crippen molar-refractivity contribution in [1.82, 2.24) is 0 Å². The van der Waals surface area contributed by atoms with E-state index in [1.165, 1.54) is 5.57 Å². The predicted octanol–water partition coefficient (Wildman–Crippen LogP) is 4.47. The largest absolute Gasteiger partial charge is 0.396 e. The molecule has 0 spiro atoms. The Morgan fingerprint density at radius 3 is 2.50 bits per heavy atom.